The number of hydrogen-bond donors (Lipinski definition) is 2. The van der Waals surface area contributed by atoms with Crippen LogP contribution in [0.25, 0.3) is 0 Å². The SMILES string of the molecule is CCCC(C(=O)NC=O)N(C=O)C(=O)c1c(C)cccc1OCCOCCN. The second-order valence-corrected chi connectivity index (χ2v) is 5.95. The molecule has 0 aliphatic carbocycles. The maximum absolute atomic E-state index is 13.1. The number of amides is 4. The van der Waals surface area contributed by atoms with Gasteiger partial charge in [-0.15, -0.1) is 0 Å². The van der Waals surface area contributed by atoms with Gasteiger partial charge in [0, 0.05) is 6.54 Å². The van der Waals surface area contributed by atoms with Crippen molar-refractivity contribution in [1.82, 2.24) is 10.2 Å². The Bertz CT molecular complexity index is 680. The summed E-state index contributed by atoms with van der Waals surface area (Å²) in [5.74, 6) is -1.12. The number of carbonyl (C=O) groups excluding carboxylic acids is 4. The van der Waals surface area contributed by atoms with Gasteiger partial charge < -0.3 is 15.2 Å². The molecule has 0 aliphatic rings. The Labute approximate surface area is 164 Å². The standard InChI is InChI=1S/C19H27N3O6/c1-3-5-15(18(25)21-12-23)22(13-24)19(26)17-14(2)6-4-7-16(17)28-11-10-27-9-8-20/h4,6-7,12-13,15H,3,5,8-11,20H2,1-2H3,(H,21,23,25). The van der Waals surface area contributed by atoms with Gasteiger partial charge in [0.15, 0.2) is 0 Å². The fourth-order valence-electron chi connectivity index (χ4n) is 2.65. The van der Waals surface area contributed by atoms with Crippen molar-refractivity contribution in [2.75, 3.05) is 26.4 Å². The van der Waals surface area contributed by atoms with Crippen molar-refractivity contribution in [3.63, 3.8) is 0 Å². The number of carbonyl (C=O) groups is 4. The Morgan fingerprint density at radius 3 is 2.61 bits per heavy atom. The summed E-state index contributed by atoms with van der Waals surface area (Å²) in [5.41, 5.74) is 6.11. The van der Waals surface area contributed by atoms with Gasteiger partial charge in [0.25, 0.3) is 5.91 Å². The molecule has 1 unspecified atom stereocenters. The van der Waals surface area contributed by atoms with Crippen LogP contribution in [0.5, 0.6) is 5.75 Å². The molecule has 0 bridgehead atoms. The van der Waals surface area contributed by atoms with E-state index in [-0.39, 0.29) is 37.4 Å². The highest BCUT2D eigenvalue weighted by molar-refractivity contribution is 6.06. The van der Waals surface area contributed by atoms with Crippen molar-refractivity contribution in [3.05, 3.63) is 29.3 Å². The Morgan fingerprint density at radius 1 is 1.25 bits per heavy atom. The first-order chi connectivity index (χ1) is 13.5. The van der Waals surface area contributed by atoms with Crippen LogP contribution in [0.15, 0.2) is 18.2 Å². The summed E-state index contributed by atoms with van der Waals surface area (Å²) in [6.07, 6.45) is 1.28. The van der Waals surface area contributed by atoms with Gasteiger partial charge in [-0.05, 0) is 25.0 Å². The van der Waals surface area contributed by atoms with Crippen molar-refractivity contribution in [3.8, 4) is 5.75 Å². The summed E-state index contributed by atoms with van der Waals surface area (Å²) in [6.45, 7) is 4.77. The molecule has 0 fully saturated rings. The van der Waals surface area contributed by atoms with E-state index in [9.17, 15) is 19.2 Å². The molecule has 1 rings (SSSR count). The number of ether oxygens (including phenoxy) is 2. The lowest BCUT2D eigenvalue weighted by molar-refractivity contribution is -0.133. The molecule has 154 valence electrons. The van der Waals surface area contributed by atoms with E-state index in [0.717, 1.165) is 4.90 Å². The molecule has 0 saturated heterocycles. The Balaban J connectivity index is 3.10. The molecule has 0 aliphatic heterocycles. The van der Waals surface area contributed by atoms with Crippen LogP contribution in [-0.2, 0) is 19.1 Å². The molecule has 3 N–H and O–H groups in total. The molecule has 9 nitrogen and oxygen atoms in total. The normalized spacial score (nSPS) is 11.4. The van der Waals surface area contributed by atoms with Gasteiger partial charge in [-0.1, -0.05) is 25.5 Å². The van der Waals surface area contributed by atoms with Gasteiger partial charge in [-0.3, -0.25) is 29.4 Å². The van der Waals surface area contributed by atoms with Crippen LogP contribution in [0.2, 0.25) is 0 Å². The average molecular weight is 393 g/mol. The number of nitrogens with one attached hydrogen (secondary N) is 1. The summed E-state index contributed by atoms with van der Waals surface area (Å²) in [7, 11) is 0. The van der Waals surface area contributed by atoms with Gasteiger partial charge in [0.05, 0.1) is 18.8 Å². The van der Waals surface area contributed by atoms with E-state index in [1.807, 2.05) is 5.32 Å². The minimum absolute atomic E-state index is 0.174. The Hall–Kier alpha value is -2.78. The van der Waals surface area contributed by atoms with Crippen LogP contribution in [0.4, 0.5) is 0 Å². The van der Waals surface area contributed by atoms with Crippen LogP contribution in [0, 0.1) is 6.92 Å². The summed E-state index contributed by atoms with van der Waals surface area (Å²) in [6, 6.07) is 3.93. The Kier molecular flexibility index (Phi) is 10.4. The second kappa shape index (κ2) is 12.6. The number of imide groups is 2. The lowest BCUT2D eigenvalue weighted by Gasteiger charge is -2.26. The van der Waals surface area contributed by atoms with E-state index in [4.69, 9.17) is 15.2 Å². The molecule has 1 atom stereocenters. The van der Waals surface area contributed by atoms with E-state index in [2.05, 4.69) is 0 Å². The molecule has 0 radical (unpaired) electrons. The zero-order valence-corrected chi connectivity index (χ0v) is 16.2. The van der Waals surface area contributed by atoms with Gasteiger partial charge >= 0.3 is 0 Å². The van der Waals surface area contributed by atoms with Crippen LogP contribution < -0.4 is 15.8 Å². The van der Waals surface area contributed by atoms with Gasteiger partial charge in [0.2, 0.25) is 18.7 Å². The number of hydrogen-bond acceptors (Lipinski definition) is 7. The molecular weight excluding hydrogens is 366 g/mol. The maximum atomic E-state index is 13.1. The fraction of sp³-hybridized carbons (Fsp3) is 0.474. The lowest BCUT2D eigenvalue weighted by atomic mass is 10.0. The van der Waals surface area contributed by atoms with Crippen LogP contribution in [-0.4, -0.2) is 61.9 Å². The smallest absolute Gasteiger partial charge is 0.265 e. The molecular formula is C19H27N3O6. The van der Waals surface area contributed by atoms with Crippen molar-refractivity contribution in [2.24, 2.45) is 5.73 Å². The molecule has 28 heavy (non-hydrogen) atoms. The number of benzene rings is 1. The van der Waals surface area contributed by atoms with Gasteiger partial charge in [-0.2, -0.15) is 0 Å². The number of nitrogens with two attached hydrogens (primary N) is 1. The Morgan fingerprint density at radius 2 is 2.00 bits per heavy atom. The first-order valence-electron chi connectivity index (χ1n) is 9.03. The molecule has 1 aromatic carbocycles. The molecule has 0 spiro atoms. The topological polar surface area (TPSA) is 128 Å². The third-order valence-corrected chi connectivity index (χ3v) is 3.95. The summed E-state index contributed by atoms with van der Waals surface area (Å²) in [5, 5.41) is 2.00. The fourth-order valence-corrected chi connectivity index (χ4v) is 2.65. The van der Waals surface area contributed by atoms with Crippen LogP contribution in [0.3, 0.4) is 0 Å². The van der Waals surface area contributed by atoms with E-state index in [1.54, 1.807) is 32.0 Å². The molecule has 9 heteroatoms. The van der Waals surface area contributed by atoms with E-state index in [1.165, 1.54) is 0 Å². The second-order valence-electron chi connectivity index (χ2n) is 5.95. The van der Waals surface area contributed by atoms with E-state index < -0.39 is 17.9 Å². The monoisotopic (exact) mass is 393 g/mol. The molecule has 1 aromatic rings. The minimum atomic E-state index is -1.10. The molecule has 0 aromatic heterocycles. The summed E-state index contributed by atoms with van der Waals surface area (Å²) >= 11 is 0. The highest BCUT2D eigenvalue weighted by Gasteiger charge is 2.31. The average Bonchev–Trinajstić information content (AvgIpc) is 2.67. The molecule has 0 saturated carbocycles. The zero-order chi connectivity index (χ0) is 20.9. The molecule has 4 amide bonds. The zero-order valence-electron chi connectivity index (χ0n) is 16.2. The van der Waals surface area contributed by atoms with E-state index >= 15 is 0 Å². The lowest BCUT2D eigenvalue weighted by Crippen LogP contribution is -2.49. The predicted octanol–water partition coefficient (Wildman–Crippen LogP) is 0.389. The summed E-state index contributed by atoms with van der Waals surface area (Å²) < 4.78 is 10.9. The predicted molar refractivity (Wildman–Crippen MR) is 102 cm³/mol. The highest BCUT2D eigenvalue weighted by Crippen LogP contribution is 2.25. The van der Waals surface area contributed by atoms with Gasteiger partial charge in [-0.25, -0.2) is 0 Å². The van der Waals surface area contributed by atoms with Crippen molar-refractivity contribution < 1.29 is 28.7 Å². The maximum Gasteiger partial charge on any atom is 0.265 e. The quantitative estimate of drug-likeness (QED) is 0.366. The first-order valence-corrected chi connectivity index (χ1v) is 9.03. The number of aryl methyl sites for hydroxylation is 1. The molecule has 0 heterocycles. The summed E-state index contributed by atoms with van der Waals surface area (Å²) in [4.78, 5) is 48.3. The van der Waals surface area contributed by atoms with Crippen LogP contribution >= 0.6 is 0 Å². The largest absolute Gasteiger partial charge is 0.490 e. The van der Waals surface area contributed by atoms with Crippen molar-refractivity contribution in [2.45, 2.75) is 32.7 Å². The van der Waals surface area contributed by atoms with Crippen molar-refractivity contribution in [1.29, 1.82) is 0 Å². The third-order valence-electron chi connectivity index (χ3n) is 3.95. The highest BCUT2D eigenvalue weighted by atomic mass is 16.5. The number of rotatable bonds is 13. The van der Waals surface area contributed by atoms with Crippen molar-refractivity contribution >= 4 is 24.6 Å². The van der Waals surface area contributed by atoms with Crippen LogP contribution in [0.1, 0.15) is 35.7 Å². The van der Waals surface area contributed by atoms with Gasteiger partial charge in [0.1, 0.15) is 18.4 Å². The first kappa shape index (κ1) is 23.3. The van der Waals surface area contributed by atoms with E-state index in [0.29, 0.717) is 31.5 Å². The number of nitrogens with zero attached hydrogens (tertiary/aromatic N) is 1. The third kappa shape index (κ3) is 6.43. The minimum Gasteiger partial charge on any atom is -0.490 e.